The number of hydrogen-bond donors (Lipinski definition) is 1. The summed E-state index contributed by atoms with van der Waals surface area (Å²) in [6.07, 6.45) is 5.93. The summed E-state index contributed by atoms with van der Waals surface area (Å²) in [6, 6.07) is 7.24. The standard InChI is InChI=1S/C18H26N2OS/c1-13-15(12-14-6-5-9-20(14)10-11-21-2)18-16(19-13)7-4-8-17(18)22-3/h4,7-8,14,19H,5-6,9-12H2,1-3H3. The molecule has 2 heterocycles. The molecule has 1 unspecified atom stereocenters. The van der Waals surface area contributed by atoms with Crippen LogP contribution in [0, 0.1) is 6.92 Å². The van der Waals surface area contributed by atoms with Crippen LogP contribution in [0.3, 0.4) is 0 Å². The molecule has 1 fully saturated rings. The number of aromatic amines is 1. The molecule has 4 heteroatoms. The molecule has 0 bridgehead atoms. The molecular formula is C18H26N2OS. The molecule has 3 rings (SSSR count). The number of aromatic nitrogens is 1. The van der Waals surface area contributed by atoms with Crippen LogP contribution in [0.2, 0.25) is 0 Å². The molecule has 0 saturated carbocycles. The lowest BCUT2D eigenvalue weighted by atomic mass is 10.0. The van der Waals surface area contributed by atoms with Crippen LogP contribution in [-0.4, -0.2) is 49.0 Å². The Morgan fingerprint density at radius 2 is 2.27 bits per heavy atom. The normalized spacial score (nSPS) is 19.3. The van der Waals surface area contributed by atoms with Crippen molar-refractivity contribution in [2.24, 2.45) is 0 Å². The minimum absolute atomic E-state index is 0.655. The van der Waals surface area contributed by atoms with Gasteiger partial charge in [0.05, 0.1) is 6.61 Å². The number of benzene rings is 1. The van der Waals surface area contributed by atoms with Gasteiger partial charge in [0.25, 0.3) is 0 Å². The third-order valence-electron chi connectivity index (χ3n) is 4.84. The number of fused-ring (bicyclic) bond motifs is 1. The lowest BCUT2D eigenvalue weighted by Gasteiger charge is -2.24. The maximum absolute atomic E-state index is 5.27. The van der Waals surface area contributed by atoms with E-state index in [9.17, 15) is 0 Å². The minimum atomic E-state index is 0.655. The maximum Gasteiger partial charge on any atom is 0.0589 e. The van der Waals surface area contributed by atoms with Crippen molar-refractivity contribution in [2.45, 2.75) is 37.1 Å². The van der Waals surface area contributed by atoms with E-state index >= 15 is 0 Å². The molecule has 0 spiro atoms. The van der Waals surface area contributed by atoms with Crippen LogP contribution >= 0.6 is 11.8 Å². The topological polar surface area (TPSA) is 28.3 Å². The van der Waals surface area contributed by atoms with Crippen molar-refractivity contribution in [1.29, 1.82) is 0 Å². The number of ether oxygens (including phenoxy) is 1. The largest absolute Gasteiger partial charge is 0.383 e. The van der Waals surface area contributed by atoms with Crippen LogP contribution in [0.4, 0.5) is 0 Å². The van der Waals surface area contributed by atoms with Gasteiger partial charge in [0.15, 0.2) is 0 Å². The Morgan fingerprint density at radius 1 is 1.41 bits per heavy atom. The van der Waals surface area contributed by atoms with Crippen molar-refractivity contribution in [2.75, 3.05) is 33.1 Å². The van der Waals surface area contributed by atoms with E-state index in [2.05, 4.69) is 41.3 Å². The Labute approximate surface area is 137 Å². The second kappa shape index (κ2) is 7.07. The Bertz CT molecular complexity index is 637. The maximum atomic E-state index is 5.27. The Hall–Kier alpha value is -0.970. The molecular weight excluding hydrogens is 292 g/mol. The lowest BCUT2D eigenvalue weighted by Crippen LogP contribution is -2.33. The van der Waals surface area contributed by atoms with E-state index in [1.54, 1.807) is 7.11 Å². The van der Waals surface area contributed by atoms with Crippen LogP contribution in [0.1, 0.15) is 24.1 Å². The summed E-state index contributed by atoms with van der Waals surface area (Å²) >= 11 is 1.84. The van der Waals surface area contributed by atoms with Crippen LogP contribution in [-0.2, 0) is 11.2 Å². The smallest absolute Gasteiger partial charge is 0.0589 e. The number of H-pyrrole nitrogens is 1. The highest BCUT2D eigenvalue weighted by Gasteiger charge is 2.26. The molecule has 0 radical (unpaired) electrons. The lowest BCUT2D eigenvalue weighted by molar-refractivity contribution is 0.141. The number of thioether (sulfide) groups is 1. The van der Waals surface area contributed by atoms with Gasteiger partial charge in [-0.3, -0.25) is 4.90 Å². The summed E-state index contributed by atoms with van der Waals surface area (Å²) in [7, 11) is 1.79. The monoisotopic (exact) mass is 318 g/mol. The summed E-state index contributed by atoms with van der Waals surface area (Å²) in [5, 5.41) is 1.44. The molecule has 22 heavy (non-hydrogen) atoms. The molecule has 1 N–H and O–H groups in total. The van der Waals surface area contributed by atoms with Gasteiger partial charge in [-0.05, 0) is 56.7 Å². The van der Waals surface area contributed by atoms with Crippen molar-refractivity contribution >= 4 is 22.7 Å². The first kappa shape index (κ1) is 15.9. The van der Waals surface area contributed by atoms with E-state index in [1.165, 1.54) is 46.4 Å². The van der Waals surface area contributed by atoms with Crippen LogP contribution in [0.15, 0.2) is 23.1 Å². The van der Waals surface area contributed by atoms with Gasteiger partial charge in [0.2, 0.25) is 0 Å². The fourth-order valence-corrected chi connectivity index (χ4v) is 4.35. The number of hydrogen-bond acceptors (Lipinski definition) is 3. The van der Waals surface area contributed by atoms with E-state index in [-0.39, 0.29) is 0 Å². The molecule has 1 aliphatic heterocycles. The molecule has 120 valence electrons. The third-order valence-corrected chi connectivity index (χ3v) is 5.62. The number of rotatable bonds is 6. The fourth-order valence-electron chi connectivity index (χ4n) is 3.70. The Balaban J connectivity index is 1.88. The van der Waals surface area contributed by atoms with Gasteiger partial charge in [0, 0.05) is 41.2 Å². The first-order valence-corrected chi connectivity index (χ1v) is 9.34. The number of aryl methyl sites for hydroxylation is 1. The van der Waals surface area contributed by atoms with Gasteiger partial charge in [-0.2, -0.15) is 0 Å². The quantitative estimate of drug-likeness (QED) is 0.820. The van der Waals surface area contributed by atoms with Crippen molar-refractivity contribution in [3.63, 3.8) is 0 Å². The molecule has 2 aromatic rings. The molecule has 1 aromatic carbocycles. The predicted molar refractivity (Wildman–Crippen MR) is 95.0 cm³/mol. The average molecular weight is 318 g/mol. The molecule has 3 nitrogen and oxygen atoms in total. The summed E-state index contributed by atoms with van der Waals surface area (Å²) in [5.41, 5.74) is 4.12. The predicted octanol–water partition coefficient (Wildman–Crippen LogP) is 3.85. The minimum Gasteiger partial charge on any atom is -0.383 e. The first-order chi connectivity index (χ1) is 10.7. The number of nitrogens with zero attached hydrogens (tertiary/aromatic N) is 1. The number of likely N-dealkylation sites (tertiary alicyclic amines) is 1. The molecule has 1 aromatic heterocycles. The van der Waals surface area contributed by atoms with E-state index in [0.29, 0.717) is 6.04 Å². The fraction of sp³-hybridized carbons (Fsp3) is 0.556. The Morgan fingerprint density at radius 3 is 3.05 bits per heavy atom. The third kappa shape index (κ3) is 3.05. The van der Waals surface area contributed by atoms with Crippen LogP contribution in [0.5, 0.6) is 0 Å². The summed E-state index contributed by atoms with van der Waals surface area (Å²) < 4.78 is 5.27. The van der Waals surface area contributed by atoms with E-state index in [1.807, 2.05) is 11.8 Å². The highest BCUT2D eigenvalue weighted by Crippen LogP contribution is 2.33. The zero-order chi connectivity index (χ0) is 15.5. The highest BCUT2D eigenvalue weighted by molar-refractivity contribution is 7.98. The second-order valence-corrected chi connectivity index (χ2v) is 6.99. The van der Waals surface area contributed by atoms with Crippen molar-refractivity contribution < 1.29 is 4.74 Å². The van der Waals surface area contributed by atoms with Gasteiger partial charge in [-0.25, -0.2) is 0 Å². The number of methoxy groups -OCH3 is 1. The summed E-state index contributed by atoms with van der Waals surface area (Å²) in [6.45, 7) is 5.32. The van der Waals surface area contributed by atoms with Crippen molar-refractivity contribution in [3.8, 4) is 0 Å². The zero-order valence-corrected chi connectivity index (χ0v) is 14.6. The van der Waals surface area contributed by atoms with Crippen LogP contribution in [0.25, 0.3) is 10.9 Å². The first-order valence-electron chi connectivity index (χ1n) is 8.11. The van der Waals surface area contributed by atoms with E-state index in [0.717, 1.165) is 19.6 Å². The molecule has 0 aliphatic carbocycles. The summed E-state index contributed by atoms with van der Waals surface area (Å²) in [5.74, 6) is 0. The van der Waals surface area contributed by atoms with Crippen LogP contribution < -0.4 is 0 Å². The van der Waals surface area contributed by atoms with Crippen molar-refractivity contribution in [1.82, 2.24) is 9.88 Å². The molecule has 1 atom stereocenters. The Kier molecular flexibility index (Phi) is 5.11. The SMILES string of the molecule is COCCN1CCCC1Cc1c(C)[nH]c2cccc(SC)c12. The molecule has 1 aliphatic rings. The highest BCUT2D eigenvalue weighted by atomic mass is 32.2. The average Bonchev–Trinajstić information content (AvgIpc) is 3.10. The van der Waals surface area contributed by atoms with Crippen molar-refractivity contribution in [3.05, 3.63) is 29.5 Å². The molecule has 1 saturated heterocycles. The van der Waals surface area contributed by atoms with Gasteiger partial charge in [-0.1, -0.05) is 6.07 Å². The second-order valence-electron chi connectivity index (χ2n) is 6.14. The van der Waals surface area contributed by atoms with Gasteiger partial charge in [0.1, 0.15) is 0 Å². The number of nitrogens with one attached hydrogen (secondary N) is 1. The van der Waals surface area contributed by atoms with E-state index < -0.39 is 0 Å². The van der Waals surface area contributed by atoms with Gasteiger partial charge >= 0.3 is 0 Å². The molecule has 0 amide bonds. The zero-order valence-electron chi connectivity index (χ0n) is 13.8. The summed E-state index contributed by atoms with van der Waals surface area (Å²) in [4.78, 5) is 7.57. The van der Waals surface area contributed by atoms with Gasteiger partial charge in [-0.15, -0.1) is 11.8 Å². The van der Waals surface area contributed by atoms with Gasteiger partial charge < -0.3 is 9.72 Å². The van der Waals surface area contributed by atoms with E-state index in [4.69, 9.17) is 4.74 Å².